The maximum Gasteiger partial charge on any atom is 0.273 e. The summed E-state index contributed by atoms with van der Waals surface area (Å²) >= 11 is 1.68. The Morgan fingerprint density at radius 1 is 1.39 bits per heavy atom. The van der Waals surface area contributed by atoms with Gasteiger partial charge >= 0.3 is 0 Å². The third kappa shape index (κ3) is 3.77. The molecule has 0 aliphatic carbocycles. The molecule has 0 saturated carbocycles. The average Bonchev–Trinajstić information content (AvgIpc) is 2.43. The summed E-state index contributed by atoms with van der Waals surface area (Å²) in [7, 11) is 1.53. The van der Waals surface area contributed by atoms with E-state index in [0.717, 1.165) is 19.3 Å². The third-order valence-electron chi connectivity index (χ3n) is 2.92. The summed E-state index contributed by atoms with van der Waals surface area (Å²) in [4.78, 5) is 28.7. The fourth-order valence-corrected chi connectivity index (χ4v) is 1.99. The van der Waals surface area contributed by atoms with Gasteiger partial charge in [-0.25, -0.2) is 10.3 Å². The van der Waals surface area contributed by atoms with Gasteiger partial charge in [-0.05, 0) is 26.8 Å². The minimum Gasteiger partial charge on any atom is -0.350 e. The van der Waals surface area contributed by atoms with Gasteiger partial charge in [0.25, 0.3) is 11.8 Å². The van der Waals surface area contributed by atoms with Gasteiger partial charge in [-0.2, -0.15) is 0 Å². The van der Waals surface area contributed by atoms with Gasteiger partial charge in [-0.3, -0.25) is 18.4 Å². The van der Waals surface area contributed by atoms with Crippen LogP contribution in [0.5, 0.6) is 0 Å². The van der Waals surface area contributed by atoms with Crippen molar-refractivity contribution in [3.05, 3.63) is 0 Å². The zero-order valence-electron chi connectivity index (χ0n) is 10.4. The Hall–Kier alpha value is -0.450. The lowest BCUT2D eigenvalue weighted by atomic mass is 10.0. The van der Waals surface area contributed by atoms with E-state index >= 15 is 0 Å². The summed E-state index contributed by atoms with van der Waals surface area (Å²) in [5.41, 5.74) is 0.889. The van der Waals surface area contributed by atoms with E-state index in [0.29, 0.717) is 6.61 Å². The fourth-order valence-electron chi connectivity index (χ4n) is 1.45. The minimum absolute atomic E-state index is 0.438. The normalized spacial score (nSPS) is 22.9. The largest absolute Gasteiger partial charge is 0.350 e. The Balaban J connectivity index is 2.49. The SMILES string of the molecule is CNC(C)(C(=O)NI)C(=O)NOC1CCCCO1. The Bertz CT molecular complexity index is 309. The van der Waals surface area contributed by atoms with Gasteiger partial charge in [0, 0.05) is 13.0 Å². The molecule has 3 N–H and O–H groups in total. The quantitative estimate of drug-likeness (QED) is 0.274. The Kier molecular flexibility index (Phi) is 6.26. The number of hydroxylamine groups is 1. The molecule has 18 heavy (non-hydrogen) atoms. The van der Waals surface area contributed by atoms with Crippen molar-refractivity contribution in [3.63, 3.8) is 0 Å². The molecule has 0 aromatic carbocycles. The summed E-state index contributed by atoms with van der Waals surface area (Å²) in [6.07, 6.45) is 2.29. The summed E-state index contributed by atoms with van der Waals surface area (Å²) in [5, 5.41) is 2.67. The van der Waals surface area contributed by atoms with E-state index in [2.05, 4.69) is 14.3 Å². The summed E-state index contributed by atoms with van der Waals surface area (Å²) in [6, 6.07) is 0. The molecule has 1 fully saturated rings. The lowest BCUT2D eigenvalue weighted by Gasteiger charge is -2.27. The van der Waals surface area contributed by atoms with Gasteiger partial charge in [0.05, 0.1) is 22.9 Å². The van der Waals surface area contributed by atoms with E-state index < -0.39 is 23.6 Å². The first-order chi connectivity index (χ1) is 8.54. The molecule has 0 aromatic heterocycles. The second-order valence-electron chi connectivity index (χ2n) is 4.14. The maximum atomic E-state index is 11.9. The number of ether oxygens (including phenoxy) is 1. The highest BCUT2D eigenvalue weighted by atomic mass is 127. The van der Waals surface area contributed by atoms with Crippen LogP contribution in [0.4, 0.5) is 0 Å². The second kappa shape index (κ2) is 7.22. The Morgan fingerprint density at radius 2 is 2.11 bits per heavy atom. The van der Waals surface area contributed by atoms with Crippen molar-refractivity contribution in [1.82, 2.24) is 14.3 Å². The molecule has 2 atom stereocenters. The molecule has 0 radical (unpaired) electrons. The summed E-state index contributed by atoms with van der Waals surface area (Å²) in [5.74, 6) is -1.01. The number of hydrogen-bond donors (Lipinski definition) is 3. The number of carbonyl (C=O) groups is 2. The lowest BCUT2D eigenvalue weighted by Crippen LogP contribution is -2.61. The second-order valence-corrected chi connectivity index (χ2v) is 4.68. The van der Waals surface area contributed by atoms with Crippen molar-refractivity contribution < 1.29 is 19.2 Å². The fraction of sp³-hybridized carbons (Fsp3) is 0.800. The van der Waals surface area contributed by atoms with Gasteiger partial charge in [0.2, 0.25) is 0 Å². The van der Waals surface area contributed by atoms with E-state index in [1.54, 1.807) is 22.9 Å². The van der Waals surface area contributed by atoms with Crippen molar-refractivity contribution in [2.24, 2.45) is 0 Å². The minimum atomic E-state index is -1.38. The van der Waals surface area contributed by atoms with Gasteiger partial charge < -0.3 is 4.74 Å². The van der Waals surface area contributed by atoms with Crippen LogP contribution in [-0.2, 0) is 19.2 Å². The summed E-state index contributed by atoms with van der Waals surface area (Å²) in [6.45, 7) is 2.10. The highest BCUT2D eigenvalue weighted by Crippen LogP contribution is 2.13. The maximum absolute atomic E-state index is 11.9. The molecule has 2 unspecified atom stereocenters. The molecule has 0 aromatic rings. The molecule has 0 bridgehead atoms. The van der Waals surface area contributed by atoms with Crippen LogP contribution >= 0.6 is 22.9 Å². The average molecular weight is 371 g/mol. The van der Waals surface area contributed by atoms with Crippen molar-refractivity contribution in [1.29, 1.82) is 0 Å². The van der Waals surface area contributed by atoms with E-state index in [9.17, 15) is 9.59 Å². The van der Waals surface area contributed by atoms with E-state index in [4.69, 9.17) is 9.57 Å². The van der Waals surface area contributed by atoms with Crippen LogP contribution in [0.15, 0.2) is 0 Å². The molecule has 1 heterocycles. The highest BCUT2D eigenvalue weighted by molar-refractivity contribution is 14.1. The van der Waals surface area contributed by atoms with Crippen LogP contribution in [0.2, 0.25) is 0 Å². The molecule has 8 heteroatoms. The Morgan fingerprint density at radius 3 is 2.61 bits per heavy atom. The van der Waals surface area contributed by atoms with Crippen molar-refractivity contribution in [2.75, 3.05) is 13.7 Å². The van der Waals surface area contributed by atoms with Gasteiger partial charge in [-0.15, -0.1) is 0 Å². The molecule has 1 rings (SSSR count). The molecular weight excluding hydrogens is 353 g/mol. The zero-order chi connectivity index (χ0) is 13.6. The standard InChI is InChI=1S/C10H18IN3O4/c1-10(12-2,8(15)13-11)9(16)14-18-7-5-3-4-6-17-7/h7,12H,3-6H2,1-2H3,(H,13,15)(H,14,16). The number of nitrogens with one attached hydrogen (secondary N) is 3. The zero-order valence-corrected chi connectivity index (χ0v) is 12.6. The van der Waals surface area contributed by atoms with Crippen molar-refractivity contribution >= 4 is 34.7 Å². The van der Waals surface area contributed by atoms with Gasteiger partial charge in [0.1, 0.15) is 0 Å². The smallest absolute Gasteiger partial charge is 0.273 e. The van der Waals surface area contributed by atoms with Crippen LogP contribution in [0, 0.1) is 0 Å². The predicted molar refractivity (Wildman–Crippen MR) is 72.4 cm³/mol. The molecule has 7 nitrogen and oxygen atoms in total. The number of hydrogen-bond acceptors (Lipinski definition) is 5. The number of carbonyl (C=O) groups excluding carboxylic acids is 2. The molecule has 1 aliphatic heterocycles. The number of likely N-dealkylation sites (N-methyl/N-ethyl adjacent to an activating group) is 1. The summed E-state index contributed by atoms with van der Waals surface area (Å²) < 4.78 is 7.70. The van der Waals surface area contributed by atoms with Crippen LogP contribution in [0.25, 0.3) is 0 Å². The number of halogens is 1. The van der Waals surface area contributed by atoms with Gasteiger partial charge in [0.15, 0.2) is 11.8 Å². The predicted octanol–water partition coefficient (Wildman–Crippen LogP) is 0.00510. The van der Waals surface area contributed by atoms with E-state index in [1.165, 1.54) is 14.0 Å². The first-order valence-corrected chi connectivity index (χ1v) is 6.80. The molecular formula is C10H18IN3O4. The lowest BCUT2D eigenvalue weighted by molar-refractivity contribution is -0.203. The molecule has 1 aliphatic rings. The molecule has 2 amide bonds. The van der Waals surface area contributed by atoms with Crippen LogP contribution < -0.4 is 14.3 Å². The topological polar surface area (TPSA) is 88.7 Å². The molecule has 0 spiro atoms. The molecule has 104 valence electrons. The third-order valence-corrected chi connectivity index (χ3v) is 3.40. The van der Waals surface area contributed by atoms with Crippen LogP contribution in [0.3, 0.4) is 0 Å². The van der Waals surface area contributed by atoms with Crippen LogP contribution in [-0.4, -0.2) is 37.3 Å². The monoisotopic (exact) mass is 371 g/mol. The molecule has 1 saturated heterocycles. The first-order valence-electron chi connectivity index (χ1n) is 5.72. The number of rotatable bonds is 5. The first kappa shape index (κ1) is 15.6. The van der Waals surface area contributed by atoms with Gasteiger partial charge in [-0.1, -0.05) is 0 Å². The highest BCUT2D eigenvalue weighted by Gasteiger charge is 2.40. The van der Waals surface area contributed by atoms with Crippen molar-refractivity contribution in [2.45, 2.75) is 38.0 Å². The number of amides is 2. The van der Waals surface area contributed by atoms with E-state index in [1.807, 2.05) is 0 Å². The van der Waals surface area contributed by atoms with E-state index in [-0.39, 0.29) is 0 Å². The van der Waals surface area contributed by atoms with Crippen LogP contribution in [0.1, 0.15) is 26.2 Å². The van der Waals surface area contributed by atoms with Crippen molar-refractivity contribution in [3.8, 4) is 0 Å². The Labute approximate surface area is 120 Å².